The van der Waals surface area contributed by atoms with Crippen LogP contribution in [0.1, 0.15) is 16.1 Å². The Kier molecular flexibility index (Phi) is 2.66. The van der Waals surface area contributed by atoms with Crippen molar-refractivity contribution in [2.45, 2.75) is 6.92 Å². The summed E-state index contributed by atoms with van der Waals surface area (Å²) in [6.45, 7) is 1.68. The van der Waals surface area contributed by atoms with Crippen molar-refractivity contribution in [2.75, 3.05) is 0 Å². The van der Waals surface area contributed by atoms with Crippen LogP contribution in [0.2, 0.25) is 5.15 Å². The van der Waals surface area contributed by atoms with Gasteiger partial charge in [0.2, 0.25) is 0 Å². The number of hydrogen-bond acceptors (Lipinski definition) is 2. The average Bonchev–Trinajstić information content (AvgIpc) is 2.55. The van der Waals surface area contributed by atoms with E-state index in [1.54, 1.807) is 6.92 Å². The summed E-state index contributed by atoms with van der Waals surface area (Å²) in [6, 6.07) is 9.25. The number of carbonyl (C=O) groups is 1. The van der Waals surface area contributed by atoms with E-state index in [1.807, 2.05) is 30.3 Å². The molecule has 1 heterocycles. The summed E-state index contributed by atoms with van der Waals surface area (Å²) in [5.41, 5.74) is 1.35. The van der Waals surface area contributed by atoms with Gasteiger partial charge in [-0.25, -0.2) is 9.48 Å². The first-order valence-corrected chi connectivity index (χ1v) is 5.03. The van der Waals surface area contributed by atoms with Crippen molar-refractivity contribution in [3.8, 4) is 5.69 Å². The number of aromatic carboxylic acids is 1. The Morgan fingerprint density at radius 3 is 2.50 bits per heavy atom. The molecule has 1 N–H and O–H groups in total. The van der Waals surface area contributed by atoms with Crippen LogP contribution >= 0.6 is 11.6 Å². The number of carboxylic acids is 1. The van der Waals surface area contributed by atoms with Gasteiger partial charge in [0.1, 0.15) is 5.56 Å². The second-order valence-corrected chi connectivity index (χ2v) is 3.66. The minimum absolute atomic E-state index is 0.00820. The molecule has 0 atom stereocenters. The Morgan fingerprint density at radius 1 is 1.38 bits per heavy atom. The van der Waals surface area contributed by atoms with E-state index in [0.29, 0.717) is 5.69 Å². The zero-order chi connectivity index (χ0) is 11.7. The number of rotatable bonds is 2. The molecule has 0 aliphatic carbocycles. The van der Waals surface area contributed by atoms with Crippen molar-refractivity contribution in [1.29, 1.82) is 0 Å². The normalized spacial score (nSPS) is 10.4. The van der Waals surface area contributed by atoms with Crippen molar-refractivity contribution in [2.24, 2.45) is 0 Å². The molecule has 2 aromatic rings. The minimum Gasteiger partial charge on any atom is -0.478 e. The van der Waals surface area contributed by atoms with Crippen molar-refractivity contribution >= 4 is 17.6 Å². The molecule has 0 aliphatic rings. The van der Waals surface area contributed by atoms with Crippen LogP contribution in [0.25, 0.3) is 5.69 Å². The van der Waals surface area contributed by atoms with Gasteiger partial charge in [-0.1, -0.05) is 29.8 Å². The van der Waals surface area contributed by atoms with Gasteiger partial charge in [0.05, 0.1) is 11.4 Å². The average molecular weight is 237 g/mol. The highest BCUT2D eigenvalue weighted by atomic mass is 35.5. The predicted octanol–water partition coefficient (Wildman–Crippen LogP) is 2.53. The van der Waals surface area contributed by atoms with Crippen molar-refractivity contribution in [3.63, 3.8) is 0 Å². The lowest BCUT2D eigenvalue weighted by molar-refractivity contribution is 0.0696. The summed E-state index contributed by atoms with van der Waals surface area (Å²) >= 11 is 5.78. The van der Waals surface area contributed by atoms with E-state index >= 15 is 0 Å². The third-order valence-corrected chi connectivity index (χ3v) is 2.55. The Bertz CT molecular complexity index is 534. The second-order valence-electron chi connectivity index (χ2n) is 3.30. The Labute approximate surface area is 97.1 Å². The van der Waals surface area contributed by atoms with Gasteiger partial charge in [-0.05, 0) is 19.1 Å². The first kappa shape index (κ1) is 10.7. The molecule has 0 saturated carbocycles. The Balaban J connectivity index is 2.61. The van der Waals surface area contributed by atoms with Gasteiger partial charge >= 0.3 is 5.97 Å². The minimum atomic E-state index is -1.07. The molecular formula is C11H9ClN2O2. The van der Waals surface area contributed by atoms with E-state index < -0.39 is 5.97 Å². The SMILES string of the molecule is Cc1c(C(=O)O)c(Cl)nn1-c1ccccc1. The summed E-state index contributed by atoms with van der Waals surface area (Å²) in [6.07, 6.45) is 0. The molecule has 82 valence electrons. The molecule has 0 aliphatic heterocycles. The quantitative estimate of drug-likeness (QED) is 0.872. The smallest absolute Gasteiger partial charge is 0.340 e. The van der Waals surface area contributed by atoms with Crippen LogP contribution < -0.4 is 0 Å². The van der Waals surface area contributed by atoms with Crippen LogP contribution in [0, 0.1) is 6.92 Å². The first-order chi connectivity index (χ1) is 7.61. The van der Waals surface area contributed by atoms with Crippen LogP contribution in [0.3, 0.4) is 0 Å². The number of halogens is 1. The molecule has 0 bridgehead atoms. The maximum absolute atomic E-state index is 10.9. The molecule has 0 radical (unpaired) electrons. The van der Waals surface area contributed by atoms with E-state index in [0.717, 1.165) is 5.69 Å². The number of benzene rings is 1. The lowest BCUT2D eigenvalue weighted by Crippen LogP contribution is -2.02. The van der Waals surface area contributed by atoms with Gasteiger partial charge in [-0.2, -0.15) is 5.10 Å². The molecule has 2 rings (SSSR count). The number of nitrogens with zero attached hydrogens (tertiary/aromatic N) is 2. The standard InChI is InChI=1S/C11H9ClN2O2/c1-7-9(11(15)16)10(12)13-14(7)8-5-3-2-4-6-8/h2-6H,1H3,(H,15,16). The van der Waals surface area contributed by atoms with E-state index in [9.17, 15) is 4.79 Å². The number of hydrogen-bond donors (Lipinski definition) is 1. The summed E-state index contributed by atoms with van der Waals surface area (Å²) in [7, 11) is 0. The van der Waals surface area contributed by atoms with Crippen LogP contribution in [-0.4, -0.2) is 20.9 Å². The monoisotopic (exact) mass is 236 g/mol. The maximum atomic E-state index is 10.9. The molecule has 1 aromatic carbocycles. The Morgan fingerprint density at radius 2 is 2.00 bits per heavy atom. The second kappa shape index (κ2) is 3.98. The molecule has 16 heavy (non-hydrogen) atoms. The van der Waals surface area contributed by atoms with Gasteiger partial charge in [-0.15, -0.1) is 0 Å². The fourth-order valence-electron chi connectivity index (χ4n) is 1.53. The van der Waals surface area contributed by atoms with Crippen molar-refractivity contribution in [1.82, 2.24) is 9.78 Å². The molecule has 4 nitrogen and oxygen atoms in total. The lowest BCUT2D eigenvalue weighted by Gasteiger charge is -2.03. The number of aromatic nitrogens is 2. The number of para-hydroxylation sites is 1. The van der Waals surface area contributed by atoms with Crippen LogP contribution in [0.4, 0.5) is 0 Å². The fourth-order valence-corrected chi connectivity index (χ4v) is 1.82. The zero-order valence-corrected chi connectivity index (χ0v) is 9.27. The van der Waals surface area contributed by atoms with Gasteiger partial charge in [0.25, 0.3) is 0 Å². The van der Waals surface area contributed by atoms with Crippen LogP contribution in [0.5, 0.6) is 0 Å². The molecule has 0 spiro atoms. The summed E-state index contributed by atoms with van der Waals surface area (Å²) in [5, 5.41) is 13.0. The Hall–Kier alpha value is -1.81. The van der Waals surface area contributed by atoms with Crippen molar-refractivity contribution in [3.05, 3.63) is 46.7 Å². The lowest BCUT2D eigenvalue weighted by atomic mass is 10.2. The van der Waals surface area contributed by atoms with Crippen molar-refractivity contribution < 1.29 is 9.90 Å². The molecule has 5 heteroatoms. The van der Waals surface area contributed by atoms with E-state index in [2.05, 4.69) is 5.10 Å². The van der Waals surface area contributed by atoms with Gasteiger partial charge in [-0.3, -0.25) is 0 Å². The third kappa shape index (κ3) is 1.67. The molecule has 0 unspecified atom stereocenters. The third-order valence-electron chi connectivity index (χ3n) is 2.29. The molecular weight excluding hydrogens is 228 g/mol. The van der Waals surface area contributed by atoms with E-state index in [-0.39, 0.29) is 10.7 Å². The summed E-state index contributed by atoms with van der Waals surface area (Å²) in [4.78, 5) is 10.9. The highest BCUT2D eigenvalue weighted by molar-refractivity contribution is 6.32. The molecule has 0 amide bonds. The molecule has 0 fully saturated rings. The van der Waals surface area contributed by atoms with E-state index in [4.69, 9.17) is 16.7 Å². The van der Waals surface area contributed by atoms with Gasteiger partial charge < -0.3 is 5.11 Å². The molecule has 1 aromatic heterocycles. The predicted molar refractivity (Wildman–Crippen MR) is 60.3 cm³/mol. The topological polar surface area (TPSA) is 55.1 Å². The fraction of sp³-hybridized carbons (Fsp3) is 0.0909. The highest BCUT2D eigenvalue weighted by Crippen LogP contribution is 2.21. The molecule has 0 saturated heterocycles. The van der Waals surface area contributed by atoms with E-state index in [1.165, 1.54) is 4.68 Å². The van der Waals surface area contributed by atoms with Gasteiger partial charge in [0, 0.05) is 0 Å². The van der Waals surface area contributed by atoms with Crippen LogP contribution in [-0.2, 0) is 0 Å². The van der Waals surface area contributed by atoms with Crippen LogP contribution in [0.15, 0.2) is 30.3 Å². The zero-order valence-electron chi connectivity index (χ0n) is 8.51. The first-order valence-electron chi connectivity index (χ1n) is 4.65. The summed E-state index contributed by atoms with van der Waals surface area (Å²) < 4.78 is 1.52. The summed E-state index contributed by atoms with van der Waals surface area (Å²) in [5.74, 6) is -1.07. The van der Waals surface area contributed by atoms with Gasteiger partial charge in [0.15, 0.2) is 5.15 Å². The maximum Gasteiger partial charge on any atom is 0.340 e. The largest absolute Gasteiger partial charge is 0.478 e. The highest BCUT2D eigenvalue weighted by Gasteiger charge is 2.19. The number of carboxylic acid groups (broad SMARTS) is 1.